The summed E-state index contributed by atoms with van der Waals surface area (Å²) in [7, 11) is 0. The van der Waals surface area contributed by atoms with E-state index in [1.807, 2.05) is 6.92 Å². The highest BCUT2D eigenvalue weighted by atomic mass is 16.1. The molecular formula is C23H35N3O. The van der Waals surface area contributed by atoms with Crippen molar-refractivity contribution in [2.75, 3.05) is 6.54 Å². The number of carbonyl (C=O) groups is 1. The van der Waals surface area contributed by atoms with Crippen molar-refractivity contribution in [3.63, 3.8) is 0 Å². The van der Waals surface area contributed by atoms with Crippen LogP contribution in [0.4, 0.5) is 0 Å². The maximum Gasteiger partial charge on any atom is 0.220 e. The first-order valence-electron chi connectivity index (χ1n) is 9.97. The Labute approximate surface area is 164 Å². The minimum atomic E-state index is -0.0876. The van der Waals surface area contributed by atoms with E-state index in [0.717, 1.165) is 18.7 Å². The van der Waals surface area contributed by atoms with Crippen molar-refractivity contribution in [3.05, 3.63) is 52.3 Å². The van der Waals surface area contributed by atoms with E-state index in [9.17, 15) is 4.79 Å². The second-order valence-electron chi connectivity index (χ2n) is 8.76. The molecule has 0 spiro atoms. The van der Waals surface area contributed by atoms with Crippen LogP contribution >= 0.6 is 0 Å². The standard InChI is InChI=1S/C23H35N3O/c1-16(2)14-26-19(5)21(18(4)25-26)11-12-22(27)24-15-23(6,7)20-10-8-9-17(3)13-20/h8-10,13,16H,11-12,14-15H2,1-7H3,(H,24,27). The molecule has 148 valence electrons. The van der Waals surface area contributed by atoms with Gasteiger partial charge in [0.25, 0.3) is 0 Å². The molecule has 0 unspecified atom stereocenters. The van der Waals surface area contributed by atoms with Crippen molar-refractivity contribution in [2.24, 2.45) is 5.92 Å². The van der Waals surface area contributed by atoms with E-state index in [4.69, 9.17) is 0 Å². The Morgan fingerprint density at radius 1 is 1.22 bits per heavy atom. The fourth-order valence-electron chi connectivity index (χ4n) is 3.43. The molecular weight excluding hydrogens is 334 g/mol. The molecule has 1 aromatic heterocycles. The van der Waals surface area contributed by atoms with E-state index in [1.54, 1.807) is 0 Å². The normalized spacial score (nSPS) is 11.9. The molecule has 4 nitrogen and oxygen atoms in total. The van der Waals surface area contributed by atoms with Gasteiger partial charge in [-0.2, -0.15) is 5.10 Å². The zero-order valence-electron chi connectivity index (χ0n) is 18.0. The van der Waals surface area contributed by atoms with Gasteiger partial charge in [-0.05, 0) is 44.2 Å². The molecule has 0 saturated carbocycles. The smallest absolute Gasteiger partial charge is 0.220 e. The van der Waals surface area contributed by atoms with Crippen molar-refractivity contribution in [1.82, 2.24) is 15.1 Å². The number of rotatable bonds is 8. The van der Waals surface area contributed by atoms with Crippen molar-refractivity contribution in [2.45, 2.75) is 73.3 Å². The molecule has 0 saturated heterocycles. The summed E-state index contributed by atoms with van der Waals surface area (Å²) >= 11 is 0. The van der Waals surface area contributed by atoms with Crippen LogP contribution in [0.1, 0.15) is 62.2 Å². The number of benzene rings is 1. The Balaban J connectivity index is 1.92. The van der Waals surface area contributed by atoms with Crippen LogP contribution in [-0.2, 0) is 23.2 Å². The van der Waals surface area contributed by atoms with Crippen LogP contribution in [-0.4, -0.2) is 22.2 Å². The van der Waals surface area contributed by atoms with Gasteiger partial charge < -0.3 is 5.32 Å². The SMILES string of the molecule is Cc1cccc(C(C)(C)CNC(=O)CCc2c(C)nn(CC(C)C)c2C)c1. The summed E-state index contributed by atoms with van der Waals surface area (Å²) in [5.41, 5.74) is 5.86. The zero-order chi connectivity index (χ0) is 20.2. The van der Waals surface area contributed by atoms with E-state index in [1.165, 1.54) is 22.4 Å². The van der Waals surface area contributed by atoms with E-state index in [-0.39, 0.29) is 11.3 Å². The Kier molecular flexibility index (Phi) is 6.85. The molecule has 0 radical (unpaired) electrons. The van der Waals surface area contributed by atoms with Gasteiger partial charge in [0, 0.05) is 30.6 Å². The first-order valence-corrected chi connectivity index (χ1v) is 9.97. The number of aryl methyl sites for hydroxylation is 2. The number of hydrogen-bond donors (Lipinski definition) is 1. The number of amides is 1. The predicted molar refractivity (Wildman–Crippen MR) is 112 cm³/mol. The van der Waals surface area contributed by atoms with E-state index in [2.05, 4.69) is 80.9 Å². The molecule has 0 aliphatic heterocycles. The van der Waals surface area contributed by atoms with Gasteiger partial charge in [0.2, 0.25) is 5.91 Å². The number of hydrogen-bond acceptors (Lipinski definition) is 2. The quantitative estimate of drug-likeness (QED) is 0.745. The minimum absolute atomic E-state index is 0.0876. The Bertz CT molecular complexity index is 787. The molecule has 1 amide bonds. The third-order valence-electron chi connectivity index (χ3n) is 5.20. The highest BCUT2D eigenvalue weighted by Gasteiger charge is 2.22. The molecule has 0 atom stereocenters. The molecule has 0 bridgehead atoms. The molecule has 1 aromatic carbocycles. The fraction of sp³-hybridized carbons (Fsp3) is 0.565. The van der Waals surface area contributed by atoms with Gasteiger partial charge in [-0.25, -0.2) is 0 Å². The summed E-state index contributed by atoms with van der Waals surface area (Å²) in [6.07, 6.45) is 1.24. The molecule has 0 aliphatic rings. The van der Waals surface area contributed by atoms with Crippen molar-refractivity contribution in [3.8, 4) is 0 Å². The molecule has 2 aromatic rings. The lowest BCUT2D eigenvalue weighted by Crippen LogP contribution is -2.36. The lowest BCUT2D eigenvalue weighted by Gasteiger charge is -2.26. The molecule has 27 heavy (non-hydrogen) atoms. The fourth-order valence-corrected chi connectivity index (χ4v) is 3.43. The summed E-state index contributed by atoms with van der Waals surface area (Å²) in [5.74, 6) is 0.661. The zero-order valence-corrected chi connectivity index (χ0v) is 18.0. The average Bonchev–Trinajstić information content (AvgIpc) is 2.84. The van der Waals surface area contributed by atoms with Gasteiger partial charge in [0.05, 0.1) is 5.69 Å². The van der Waals surface area contributed by atoms with Gasteiger partial charge in [-0.15, -0.1) is 0 Å². The van der Waals surface area contributed by atoms with Crippen LogP contribution in [0.3, 0.4) is 0 Å². The highest BCUT2D eigenvalue weighted by Crippen LogP contribution is 2.23. The maximum atomic E-state index is 12.4. The first kappa shape index (κ1) is 21.2. The lowest BCUT2D eigenvalue weighted by atomic mass is 9.84. The molecule has 0 aliphatic carbocycles. The molecule has 2 rings (SSSR count). The lowest BCUT2D eigenvalue weighted by molar-refractivity contribution is -0.121. The number of aromatic nitrogens is 2. The second-order valence-corrected chi connectivity index (χ2v) is 8.76. The summed E-state index contributed by atoms with van der Waals surface area (Å²) in [4.78, 5) is 12.4. The second kappa shape index (κ2) is 8.73. The van der Waals surface area contributed by atoms with Gasteiger partial charge in [0.1, 0.15) is 0 Å². The van der Waals surface area contributed by atoms with E-state index in [0.29, 0.717) is 18.9 Å². The molecule has 1 heterocycles. The molecule has 1 N–H and O–H groups in total. The van der Waals surface area contributed by atoms with Crippen LogP contribution in [0, 0.1) is 26.7 Å². The Hall–Kier alpha value is -2.10. The van der Waals surface area contributed by atoms with Gasteiger partial charge in [0.15, 0.2) is 0 Å². The van der Waals surface area contributed by atoms with Crippen molar-refractivity contribution < 1.29 is 4.79 Å². The van der Waals surface area contributed by atoms with Crippen LogP contribution < -0.4 is 5.32 Å². The number of carbonyl (C=O) groups excluding carboxylic acids is 1. The van der Waals surface area contributed by atoms with Crippen LogP contribution in [0.15, 0.2) is 24.3 Å². The van der Waals surface area contributed by atoms with Gasteiger partial charge >= 0.3 is 0 Å². The van der Waals surface area contributed by atoms with Crippen LogP contribution in [0.5, 0.6) is 0 Å². The Morgan fingerprint density at radius 3 is 2.56 bits per heavy atom. The molecule has 4 heteroatoms. The number of nitrogens with one attached hydrogen (secondary N) is 1. The summed E-state index contributed by atoms with van der Waals surface area (Å²) < 4.78 is 2.08. The summed E-state index contributed by atoms with van der Waals surface area (Å²) in [6, 6.07) is 8.51. The van der Waals surface area contributed by atoms with Crippen LogP contribution in [0.2, 0.25) is 0 Å². The summed E-state index contributed by atoms with van der Waals surface area (Å²) in [6.45, 7) is 16.5. The monoisotopic (exact) mass is 369 g/mol. The van der Waals surface area contributed by atoms with E-state index < -0.39 is 0 Å². The average molecular weight is 370 g/mol. The predicted octanol–water partition coefficient (Wildman–Crippen LogP) is 4.49. The Morgan fingerprint density at radius 2 is 1.93 bits per heavy atom. The van der Waals surface area contributed by atoms with Crippen molar-refractivity contribution >= 4 is 5.91 Å². The summed E-state index contributed by atoms with van der Waals surface area (Å²) in [5, 5.41) is 7.77. The van der Waals surface area contributed by atoms with E-state index >= 15 is 0 Å². The minimum Gasteiger partial charge on any atom is -0.355 e. The van der Waals surface area contributed by atoms with Crippen LogP contribution in [0.25, 0.3) is 0 Å². The highest BCUT2D eigenvalue weighted by molar-refractivity contribution is 5.76. The largest absolute Gasteiger partial charge is 0.355 e. The number of nitrogens with zero attached hydrogens (tertiary/aromatic N) is 2. The topological polar surface area (TPSA) is 46.9 Å². The first-order chi connectivity index (χ1) is 12.6. The van der Waals surface area contributed by atoms with Gasteiger partial charge in [-0.3, -0.25) is 9.48 Å². The van der Waals surface area contributed by atoms with Crippen molar-refractivity contribution in [1.29, 1.82) is 0 Å². The third kappa shape index (κ3) is 5.69. The third-order valence-corrected chi connectivity index (χ3v) is 5.20. The molecule has 0 fully saturated rings. The maximum absolute atomic E-state index is 12.4. The van der Waals surface area contributed by atoms with Gasteiger partial charge in [-0.1, -0.05) is 57.5 Å².